The van der Waals surface area contributed by atoms with Gasteiger partial charge in [0.05, 0.1) is 0 Å². The Bertz CT molecular complexity index is 324. The first-order valence-corrected chi connectivity index (χ1v) is 4.95. The van der Waals surface area contributed by atoms with E-state index in [-0.39, 0.29) is 5.82 Å². The Balaban J connectivity index is 3.02. The van der Waals surface area contributed by atoms with Gasteiger partial charge < -0.3 is 9.31 Å². The second kappa shape index (κ2) is 5.28. The highest BCUT2D eigenvalue weighted by Crippen LogP contribution is 2.14. The van der Waals surface area contributed by atoms with Crippen molar-refractivity contribution in [3.8, 4) is 0 Å². The van der Waals surface area contributed by atoms with Gasteiger partial charge in [-0.15, -0.1) is 0 Å². The Morgan fingerprint density at radius 3 is 2.20 bits per heavy atom. The molecule has 0 atom stereocenters. The maximum atomic E-state index is 13.7. The lowest BCUT2D eigenvalue weighted by Crippen LogP contribution is -2.37. The summed E-state index contributed by atoms with van der Waals surface area (Å²) in [6.07, 6.45) is 0. The smallest absolute Gasteiger partial charge is 0.410 e. The van der Waals surface area contributed by atoms with E-state index in [9.17, 15) is 4.39 Å². The van der Waals surface area contributed by atoms with Crippen molar-refractivity contribution in [2.45, 2.75) is 19.8 Å². The van der Waals surface area contributed by atoms with Gasteiger partial charge in [-0.3, -0.25) is 0 Å². The molecule has 0 bridgehead atoms. The third kappa shape index (κ3) is 2.80. The van der Waals surface area contributed by atoms with Crippen molar-refractivity contribution < 1.29 is 13.7 Å². The third-order valence-electron chi connectivity index (χ3n) is 2.37. The van der Waals surface area contributed by atoms with Crippen LogP contribution in [-0.2, 0) is 9.31 Å². The fourth-order valence-corrected chi connectivity index (χ4v) is 1.44. The summed E-state index contributed by atoms with van der Waals surface area (Å²) in [5, 5.41) is 0. The first kappa shape index (κ1) is 12.2. The van der Waals surface area contributed by atoms with Crippen LogP contribution in [-0.4, -0.2) is 21.3 Å². The second-order valence-electron chi connectivity index (χ2n) is 3.74. The number of hydrogen-bond donors (Lipinski definition) is 0. The molecule has 1 aromatic rings. The highest BCUT2D eigenvalue weighted by atomic mass is 19.1. The van der Waals surface area contributed by atoms with Crippen LogP contribution >= 0.6 is 0 Å². The molecule has 0 N–H and O–H groups in total. The molecule has 0 saturated heterocycles. The molecule has 0 fully saturated rings. The van der Waals surface area contributed by atoms with Gasteiger partial charge in [0.1, 0.15) is 5.82 Å². The Labute approximate surface area is 90.5 Å². The van der Waals surface area contributed by atoms with Crippen molar-refractivity contribution in [1.82, 2.24) is 0 Å². The van der Waals surface area contributed by atoms with Gasteiger partial charge >= 0.3 is 7.12 Å². The molecule has 82 valence electrons. The number of hydrogen-bond acceptors (Lipinski definition) is 2. The number of benzene rings is 1. The van der Waals surface area contributed by atoms with Gasteiger partial charge in [0, 0.05) is 19.7 Å². The van der Waals surface area contributed by atoms with E-state index in [1.54, 1.807) is 6.07 Å². The predicted octanol–water partition coefficient (Wildman–Crippen LogP) is 1.94. The molecule has 0 aromatic heterocycles. The van der Waals surface area contributed by atoms with Crippen molar-refractivity contribution >= 4 is 12.6 Å². The van der Waals surface area contributed by atoms with Crippen LogP contribution in [0.15, 0.2) is 18.2 Å². The van der Waals surface area contributed by atoms with Crippen LogP contribution in [0.2, 0.25) is 0 Å². The summed E-state index contributed by atoms with van der Waals surface area (Å²) >= 11 is 0. The maximum Gasteiger partial charge on any atom is 0.496 e. The molecule has 0 heterocycles. The average molecular weight is 210 g/mol. The van der Waals surface area contributed by atoms with E-state index in [0.29, 0.717) is 11.4 Å². The lowest BCUT2D eigenvalue weighted by atomic mass is 9.78. The molecule has 0 amide bonds. The summed E-state index contributed by atoms with van der Waals surface area (Å²) < 4.78 is 23.7. The fourth-order valence-electron chi connectivity index (χ4n) is 1.44. The summed E-state index contributed by atoms with van der Waals surface area (Å²) in [5.41, 5.74) is 1.41. The standard InChI is InChI=1S/C11H16BFO2/c1-8(2)9-5-6-10(11(13)7-9)12(14-3)15-4/h5-8H,1-4H3. The highest BCUT2D eigenvalue weighted by molar-refractivity contribution is 6.61. The minimum absolute atomic E-state index is 0.282. The molecule has 1 rings (SSSR count). The van der Waals surface area contributed by atoms with E-state index < -0.39 is 7.12 Å². The monoisotopic (exact) mass is 210 g/mol. The molecule has 0 aliphatic heterocycles. The lowest BCUT2D eigenvalue weighted by molar-refractivity contribution is 0.290. The first-order valence-electron chi connectivity index (χ1n) is 4.95. The zero-order valence-corrected chi connectivity index (χ0v) is 9.58. The normalized spacial score (nSPS) is 10.8. The van der Waals surface area contributed by atoms with Crippen molar-refractivity contribution in [2.24, 2.45) is 0 Å². The molecular formula is C11H16BFO2. The van der Waals surface area contributed by atoms with Crippen LogP contribution in [0.1, 0.15) is 25.3 Å². The van der Waals surface area contributed by atoms with Gasteiger partial charge in [0.2, 0.25) is 0 Å². The van der Waals surface area contributed by atoms with Gasteiger partial charge in [0.15, 0.2) is 0 Å². The Morgan fingerprint density at radius 2 is 1.80 bits per heavy atom. The summed E-state index contributed by atoms with van der Waals surface area (Å²) in [6.45, 7) is 4.05. The molecule has 0 radical (unpaired) electrons. The SMILES string of the molecule is COB(OC)c1ccc(C(C)C)cc1F. The van der Waals surface area contributed by atoms with E-state index in [1.165, 1.54) is 20.3 Å². The summed E-state index contributed by atoms with van der Waals surface area (Å²) in [6, 6.07) is 5.14. The van der Waals surface area contributed by atoms with Crippen LogP contribution in [0.25, 0.3) is 0 Å². The summed E-state index contributed by atoms with van der Waals surface area (Å²) in [5.74, 6) is 0.0342. The van der Waals surface area contributed by atoms with Gasteiger partial charge in [0.25, 0.3) is 0 Å². The van der Waals surface area contributed by atoms with Gasteiger partial charge in [-0.1, -0.05) is 26.0 Å². The first-order chi connectivity index (χ1) is 7.10. The van der Waals surface area contributed by atoms with Crippen LogP contribution in [0.3, 0.4) is 0 Å². The predicted molar refractivity (Wildman–Crippen MR) is 59.9 cm³/mol. The molecule has 0 spiro atoms. The minimum atomic E-state index is -0.633. The van der Waals surface area contributed by atoms with E-state index in [0.717, 1.165) is 5.56 Å². The Kier molecular flexibility index (Phi) is 4.30. The van der Waals surface area contributed by atoms with Crippen LogP contribution in [0.5, 0.6) is 0 Å². The Morgan fingerprint density at radius 1 is 1.20 bits per heavy atom. The number of halogens is 1. The van der Waals surface area contributed by atoms with E-state index in [1.807, 2.05) is 19.9 Å². The van der Waals surface area contributed by atoms with Crippen LogP contribution < -0.4 is 5.46 Å². The topological polar surface area (TPSA) is 18.5 Å². The van der Waals surface area contributed by atoms with Gasteiger partial charge in [-0.2, -0.15) is 0 Å². The summed E-state index contributed by atoms with van der Waals surface area (Å²) in [4.78, 5) is 0. The molecule has 15 heavy (non-hydrogen) atoms. The zero-order valence-electron chi connectivity index (χ0n) is 9.58. The van der Waals surface area contributed by atoms with Crippen molar-refractivity contribution in [3.05, 3.63) is 29.6 Å². The van der Waals surface area contributed by atoms with Crippen molar-refractivity contribution in [3.63, 3.8) is 0 Å². The van der Waals surface area contributed by atoms with Crippen molar-refractivity contribution in [2.75, 3.05) is 14.2 Å². The quantitative estimate of drug-likeness (QED) is 0.707. The largest absolute Gasteiger partial charge is 0.496 e. The Hall–Kier alpha value is -0.865. The molecule has 4 heteroatoms. The van der Waals surface area contributed by atoms with Gasteiger partial charge in [-0.25, -0.2) is 4.39 Å². The van der Waals surface area contributed by atoms with Gasteiger partial charge in [-0.05, 0) is 17.5 Å². The molecule has 1 aromatic carbocycles. The van der Waals surface area contributed by atoms with Crippen LogP contribution in [0, 0.1) is 5.82 Å². The van der Waals surface area contributed by atoms with Crippen LogP contribution in [0.4, 0.5) is 4.39 Å². The molecule has 0 saturated carbocycles. The number of rotatable bonds is 4. The molecule has 0 unspecified atom stereocenters. The molecule has 0 aliphatic rings. The molecular weight excluding hydrogens is 194 g/mol. The second-order valence-corrected chi connectivity index (χ2v) is 3.74. The highest BCUT2D eigenvalue weighted by Gasteiger charge is 2.22. The van der Waals surface area contributed by atoms with E-state index in [4.69, 9.17) is 9.31 Å². The van der Waals surface area contributed by atoms with E-state index in [2.05, 4.69) is 0 Å². The average Bonchev–Trinajstić information content (AvgIpc) is 2.21. The van der Waals surface area contributed by atoms with Crippen molar-refractivity contribution in [1.29, 1.82) is 0 Å². The summed E-state index contributed by atoms with van der Waals surface area (Å²) in [7, 11) is 2.35. The van der Waals surface area contributed by atoms with E-state index >= 15 is 0 Å². The third-order valence-corrected chi connectivity index (χ3v) is 2.37. The fraction of sp³-hybridized carbons (Fsp3) is 0.455. The lowest BCUT2D eigenvalue weighted by Gasteiger charge is -2.12. The minimum Gasteiger partial charge on any atom is -0.410 e. The molecule has 0 aliphatic carbocycles. The maximum absolute atomic E-state index is 13.7. The molecule has 2 nitrogen and oxygen atoms in total. The zero-order chi connectivity index (χ0) is 11.4.